The van der Waals surface area contributed by atoms with Gasteiger partial charge in [-0.2, -0.15) is 0 Å². The smallest absolute Gasteiger partial charge is 0.0541 e. The van der Waals surface area contributed by atoms with Crippen molar-refractivity contribution in [2.75, 3.05) is 4.90 Å². The number of benzene rings is 10. The van der Waals surface area contributed by atoms with E-state index in [1.807, 2.05) is 0 Å². The molecule has 0 aliphatic heterocycles. The highest BCUT2D eigenvalue weighted by atomic mass is 15.1. The van der Waals surface area contributed by atoms with Crippen molar-refractivity contribution in [1.29, 1.82) is 0 Å². The summed E-state index contributed by atoms with van der Waals surface area (Å²) < 4.78 is 2.38. The van der Waals surface area contributed by atoms with Crippen molar-refractivity contribution >= 4 is 60.4 Å². The molecule has 0 saturated heterocycles. The molecule has 288 valence electrons. The Labute approximate surface area is 356 Å². The van der Waals surface area contributed by atoms with Crippen LogP contribution in [0.5, 0.6) is 0 Å². The predicted molar refractivity (Wildman–Crippen MR) is 259 cm³/mol. The molecule has 1 aliphatic rings. The third-order valence-corrected chi connectivity index (χ3v) is 13.2. The first-order valence-corrected chi connectivity index (χ1v) is 21.3. The van der Waals surface area contributed by atoms with Gasteiger partial charge in [0.2, 0.25) is 0 Å². The second kappa shape index (κ2) is 13.7. The summed E-state index contributed by atoms with van der Waals surface area (Å²) in [4.78, 5) is 2.39. The Balaban J connectivity index is 0.979. The van der Waals surface area contributed by atoms with Crippen LogP contribution in [0.25, 0.3) is 82.4 Å². The van der Waals surface area contributed by atoms with Crippen LogP contribution in [0.15, 0.2) is 218 Å². The molecule has 0 atom stereocenters. The molecule has 1 heterocycles. The van der Waals surface area contributed by atoms with Crippen LogP contribution in [0.2, 0.25) is 0 Å². The number of hydrogen-bond donors (Lipinski definition) is 0. The molecule has 0 fully saturated rings. The lowest BCUT2D eigenvalue weighted by Crippen LogP contribution is -2.14. The number of nitrogens with zero attached hydrogens (tertiary/aromatic N) is 2. The lowest BCUT2D eigenvalue weighted by molar-refractivity contribution is 0.660. The van der Waals surface area contributed by atoms with Gasteiger partial charge in [0.15, 0.2) is 0 Å². The van der Waals surface area contributed by atoms with Crippen molar-refractivity contribution in [3.8, 4) is 39.1 Å². The summed E-state index contributed by atoms with van der Waals surface area (Å²) in [7, 11) is 0. The van der Waals surface area contributed by atoms with E-state index in [2.05, 4.69) is 242 Å². The summed E-state index contributed by atoms with van der Waals surface area (Å²) in [5.41, 5.74) is 17.1. The molecule has 2 nitrogen and oxygen atoms in total. The van der Waals surface area contributed by atoms with Crippen molar-refractivity contribution in [2.24, 2.45) is 0 Å². The Kier molecular flexibility index (Phi) is 7.92. The minimum Gasteiger partial charge on any atom is -0.310 e. The zero-order chi connectivity index (χ0) is 40.7. The van der Waals surface area contributed by atoms with Gasteiger partial charge in [-0.15, -0.1) is 0 Å². The topological polar surface area (TPSA) is 8.17 Å². The maximum atomic E-state index is 2.39. The van der Waals surface area contributed by atoms with Crippen LogP contribution in [-0.4, -0.2) is 4.57 Å². The first-order valence-electron chi connectivity index (χ1n) is 21.3. The molecule has 12 rings (SSSR count). The fourth-order valence-electron chi connectivity index (χ4n) is 10.2. The second-order valence-corrected chi connectivity index (χ2v) is 16.9. The maximum Gasteiger partial charge on any atom is 0.0541 e. The second-order valence-electron chi connectivity index (χ2n) is 16.9. The highest BCUT2D eigenvalue weighted by Gasteiger charge is 2.35. The molecular formula is C59H42N2. The fraction of sp³-hybridized carbons (Fsp3) is 0.0508. The largest absolute Gasteiger partial charge is 0.310 e. The van der Waals surface area contributed by atoms with Gasteiger partial charge in [-0.3, -0.25) is 0 Å². The Morgan fingerprint density at radius 1 is 0.344 bits per heavy atom. The molecule has 0 radical (unpaired) electrons. The molecule has 1 aromatic heterocycles. The third kappa shape index (κ3) is 5.56. The van der Waals surface area contributed by atoms with Crippen LogP contribution in [0.1, 0.15) is 25.0 Å². The first-order chi connectivity index (χ1) is 30.0. The van der Waals surface area contributed by atoms with E-state index < -0.39 is 0 Å². The first kappa shape index (κ1) is 35.3. The average molecular weight is 779 g/mol. The molecule has 0 N–H and O–H groups in total. The van der Waals surface area contributed by atoms with Crippen LogP contribution in [-0.2, 0) is 5.41 Å². The van der Waals surface area contributed by atoms with E-state index in [1.165, 1.54) is 87.9 Å². The van der Waals surface area contributed by atoms with Gasteiger partial charge < -0.3 is 9.47 Å². The summed E-state index contributed by atoms with van der Waals surface area (Å²) in [6, 6.07) is 80.4. The highest BCUT2D eigenvalue weighted by molar-refractivity contribution is 6.12. The van der Waals surface area contributed by atoms with E-state index >= 15 is 0 Å². The molecule has 0 unspecified atom stereocenters. The monoisotopic (exact) mass is 778 g/mol. The van der Waals surface area contributed by atoms with Gasteiger partial charge in [0.05, 0.1) is 11.0 Å². The molecular weight excluding hydrogens is 737 g/mol. The van der Waals surface area contributed by atoms with Crippen molar-refractivity contribution in [3.63, 3.8) is 0 Å². The van der Waals surface area contributed by atoms with Crippen molar-refractivity contribution in [2.45, 2.75) is 19.3 Å². The summed E-state index contributed by atoms with van der Waals surface area (Å²) in [6.07, 6.45) is 0. The number of aromatic nitrogens is 1. The van der Waals surface area contributed by atoms with E-state index in [-0.39, 0.29) is 5.41 Å². The standard InChI is InChI=1S/C59H42N2/c1-59(2)55-22-8-5-17-51(55)54-38-41(28-36-56(54)59)39-25-29-43(30-26-39)60(44-31-33-45(34-32-44)61-57-23-9-6-18-52(57)53-19-7-10-24-58(53)61)46-15-11-14-42(37-46)48-20-12-21-49-47-16-4-3-13-40(47)27-35-50(48)49/h3-38H,1-2H3. The fourth-order valence-corrected chi connectivity index (χ4v) is 10.2. The van der Waals surface area contributed by atoms with Crippen molar-refractivity contribution in [3.05, 3.63) is 230 Å². The number of rotatable bonds is 6. The van der Waals surface area contributed by atoms with Crippen LogP contribution < -0.4 is 4.90 Å². The molecule has 0 spiro atoms. The summed E-state index contributed by atoms with van der Waals surface area (Å²) in [5.74, 6) is 0. The SMILES string of the molecule is CC1(C)c2ccccc2-c2cc(-c3ccc(N(c4ccc(-n5c6ccccc6c6ccccc65)cc4)c4cccc(-c5cccc6c5ccc5ccccc56)c4)cc3)ccc21. The van der Waals surface area contributed by atoms with Crippen LogP contribution in [0.4, 0.5) is 17.1 Å². The molecule has 11 aromatic rings. The van der Waals surface area contributed by atoms with E-state index in [1.54, 1.807) is 0 Å². The molecule has 0 saturated carbocycles. The Bertz CT molecular complexity index is 3440. The van der Waals surface area contributed by atoms with Gasteiger partial charge in [0.25, 0.3) is 0 Å². The zero-order valence-electron chi connectivity index (χ0n) is 34.2. The van der Waals surface area contributed by atoms with Crippen molar-refractivity contribution in [1.82, 2.24) is 4.57 Å². The van der Waals surface area contributed by atoms with Gasteiger partial charge in [-0.25, -0.2) is 0 Å². The van der Waals surface area contributed by atoms with E-state index in [0.717, 1.165) is 22.7 Å². The minimum absolute atomic E-state index is 0.0136. The number of anilines is 3. The van der Waals surface area contributed by atoms with Crippen LogP contribution >= 0.6 is 0 Å². The van der Waals surface area contributed by atoms with E-state index in [4.69, 9.17) is 0 Å². The van der Waals surface area contributed by atoms with Gasteiger partial charge in [0.1, 0.15) is 0 Å². The number of hydrogen-bond acceptors (Lipinski definition) is 1. The molecule has 0 bridgehead atoms. The zero-order valence-corrected chi connectivity index (χ0v) is 34.2. The molecule has 2 heteroatoms. The van der Waals surface area contributed by atoms with Gasteiger partial charge in [-0.1, -0.05) is 166 Å². The maximum absolute atomic E-state index is 2.39. The molecule has 10 aromatic carbocycles. The van der Waals surface area contributed by atoms with E-state index in [9.17, 15) is 0 Å². The summed E-state index contributed by atoms with van der Waals surface area (Å²) in [5, 5.41) is 7.59. The Hall–Kier alpha value is -7.68. The molecule has 1 aliphatic carbocycles. The molecule has 0 amide bonds. The highest BCUT2D eigenvalue weighted by Crippen LogP contribution is 2.50. The van der Waals surface area contributed by atoms with Gasteiger partial charge >= 0.3 is 0 Å². The Morgan fingerprint density at radius 3 is 1.70 bits per heavy atom. The third-order valence-electron chi connectivity index (χ3n) is 13.2. The summed E-state index contributed by atoms with van der Waals surface area (Å²) >= 11 is 0. The van der Waals surface area contributed by atoms with E-state index in [0.29, 0.717) is 0 Å². The normalized spacial score (nSPS) is 12.9. The van der Waals surface area contributed by atoms with Crippen LogP contribution in [0, 0.1) is 0 Å². The predicted octanol–water partition coefficient (Wildman–Crippen LogP) is 16.2. The average Bonchev–Trinajstić information content (AvgIpc) is 3.77. The quantitative estimate of drug-likeness (QED) is 0.153. The Morgan fingerprint density at radius 2 is 0.934 bits per heavy atom. The lowest BCUT2D eigenvalue weighted by Gasteiger charge is -2.27. The number of para-hydroxylation sites is 2. The van der Waals surface area contributed by atoms with Gasteiger partial charge in [-0.05, 0) is 133 Å². The lowest BCUT2D eigenvalue weighted by atomic mass is 9.82. The van der Waals surface area contributed by atoms with Crippen molar-refractivity contribution < 1.29 is 0 Å². The minimum atomic E-state index is -0.0136. The summed E-state index contributed by atoms with van der Waals surface area (Å²) in [6.45, 7) is 4.68. The van der Waals surface area contributed by atoms with Crippen LogP contribution in [0.3, 0.4) is 0 Å². The molecule has 61 heavy (non-hydrogen) atoms. The van der Waals surface area contributed by atoms with Gasteiger partial charge in [0, 0.05) is 38.9 Å². The number of fused-ring (bicyclic) bond motifs is 9.